The molecule has 2 atom stereocenters. The number of likely N-dealkylation sites (tertiary alicyclic amines) is 1. The second kappa shape index (κ2) is 10.5. The van der Waals surface area contributed by atoms with Crippen molar-refractivity contribution < 1.29 is 13.6 Å². The lowest BCUT2D eigenvalue weighted by molar-refractivity contribution is 0.102. The lowest BCUT2D eigenvalue weighted by atomic mass is 9.78. The van der Waals surface area contributed by atoms with Gasteiger partial charge in [-0.1, -0.05) is 0 Å². The van der Waals surface area contributed by atoms with Crippen LogP contribution in [-0.4, -0.2) is 70.7 Å². The SMILES string of the molecule is CN=CC(=CN)CN1CC[C@]2(C1)SN(C)C(N)=N[C@]2(C)c1cc(NC(=O)c2ccc(F)cn2)ccc1F. The van der Waals surface area contributed by atoms with Gasteiger partial charge in [0.2, 0.25) is 5.96 Å². The highest BCUT2D eigenvalue weighted by Crippen LogP contribution is 2.55. The second-order valence-electron chi connectivity index (χ2n) is 9.23. The molecule has 1 amide bonds. The van der Waals surface area contributed by atoms with Gasteiger partial charge in [-0.2, -0.15) is 0 Å². The minimum Gasteiger partial charge on any atom is -0.404 e. The van der Waals surface area contributed by atoms with E-state index in [0.29, 0.717) is 30.8 Å². The van der Waals surface area contributed by atoms with E-state index in [1.54, 1.807) is 19.3 Å². The number of nitrogens with one attached hydrogen (secondary N) is 1. The molecule has 2 aliphatic rings. The third-order valence-electron chi connectivity index (χ3n) is 6.79. The number of amides is 1. The van der Waals surface area contributed by atoms with Crippen LogP contribution in [0.1, 0.15) is 29.4 Å². The summed E-state index contributed by atoms with van der Waals surface area (Å²) < 4.78 is 29.9. The predicted molar refractivity (Wildman–Crippen MR) is 143 cm³/mol. The average molecular weight is 529 g/mol. The maximum atomic E-state index is 15.5. The van der Waals surface area contributed by atoms with Crippen molar-refractivity contribution >= 4 is 35.7 Å². The van der Waals surface area contributed by atoms with E-state index in [2.05, 4.69) is 20.2 Å². The van der Waals surface area contributed by atoms with Crippen molar-refractivity contribution in [3.05, 3.63) is 71.2 Å². The number of nitrogens with two attached hydrogens (primary N) is 2. The molecule has 9 nitrogen and oxygen atoms in total. The molecule has 1 saturated heterocycles. The minimum absolute atomic E-state index is 0.0397. The molecule has 0 radical (unpaired) electrons. The van der Waals surface area contributed by atoms with Crippen LogP contribution in [0.3, 0.4) is 0 Å². The van der Waals surface area contributed by atoms with Gasteiger partial charge >= 0.3 is 0 Å². The van der Waals surface area contributed by atoms with E-state index in [1.165, 1.54) is 36.3 Å². The Morgan fingerprint density at radius 3 is 2.78 bits per heavy atom. The van der Waals surface area contributed by atoms with E-state index in [9.17, 15) is 9.18 Å². The Kier molecular flexibility index (Phi) is 7.51. The van der Waals surface area contributed by atoms with Crippen LogP contribution in [0.4, 0.5) is 14.5 Å². The van der Waals surface area contributed by atoms with Crippen LogP contribution in [-0.2, 0) is 5.54 Å². The van der Waals surface area contributed by atoms with Gasteiger partial charge in [0.25, 0.3) is 5.91 Å². The molecule has 1 fully saturated rings. The van der Waals surface area contributed by atoms with E-state index in [1.807, 2.05) is 18.3 Å². The van der Waals surface area contributed by atoms with Gasteiger partial charge in [0.05, 0.1) is 10.9 Å². The fourth-order valence-electron chi connectivity index (χ4n) is 4.81. The number of hydrogen-bond acceptors (Lipinski definition) is 9. The number of halogens is 2. The van der Waals surface area contributed by atoms with E-state index < -0.39 is 27.8 Å². The molecule has 3 heterocycles. The van der Waals surface area contributed by atoms with Crippen molar-refractivity contribution in [2.24, 2.45) is 21.5 Å². The lowest BCUT2D eigenvalue weighted by Crippen LogP contribution is -2.56. The molecule has 0 unspecified atom stereocenters. The van der Waals surface area contributed by atoms with E-state index in [4.69, 9.17) is 16.5 Å². The standard InChI is InChI=1S/C25H30F2N8OS/c1-24(19-10-18(5-6-20(19)27)32-22(36)21-7-4-17(26)13-31-21)25(37-34(3)23(29)33-24)8-9-35(15-25)14-16(11-28)12-30-2/h4-7,10-13H,8-9,14-15,28H2,1-3H3,(H2,29,33)(H,32,36)/t24-,25-/m1/s1. The molecule has 37 heavy (non-hydrogen) atoms. The zero-order chi connectivity index (χ0) is 26.8. The number of pyridine rings is 1. The number of anilines is 1. The van der Waals surface area contributed by atoms with Gasteiger partial charge in [-0.25, -0.2) is 18.8 Å². The fourth-order valence-corrected chi connectivity index (χ4v) is 6.23. The fraction of sp³-hybridized carbons (Fsp3) is 0.360. The second-order valence-corrected chi connectivity index (χ2v) is 10.7. The summed E-state index contributed by atoms with van der Waals surface area (Å²) in [5.74, 6) is -1.26. The molecule has 12 heteroatoms. The molecule has 0 saturated carbocycles. The number of rotatable bonds is 6. The quantitative estimate of drug-likeness (QED) is 0.389. The largest absolute Gasteiger partial charge is 0.404 e. The molecule has 1 aromatic carbocycles. The molecule has 2 aliphatic heterocycles. The lowest BCUT2D eigenvalue weighted by Gasteiger charge is -2.49. The van der Waals surface area contributed by atoms with Crippen LogP contribution in [0.15, 0.2) is 58.3 Å². The summed E-state index contributed by atoms with van der Waals surface area (Å²) in [6.45, 7) is 3.81. The van der Waals surface area contributed by atoms with Crippen molar-refractivity contribution in [3.63, 3.8) is 0 Å². The Labute approximate surface area is 218 Å². The van der Waals surface area contributed by atoms with Crippen molar-refractivity contribution in [2.45, 2.75) is 23.6 Å². The van der Waals surface area contributed by atoms with E-state index in [0.717, 1.165) is 24.4 Å². The van der Waals surface area contributed by atoms with Gasteiger partial charge in [-0.05, 0) is 67.4 Å². The maximum Gasteiger partial charge on any atom is 0.274 e. The first-order chi connectivity index (χ1) is 17.6. The van der Waals surface area contributed by atoms with Crippen molar-refractivity contribution in [3.8, 4) is 0 Å². The molecule has 5 N–H and O–H groups in total. The molecule has 4 rings (SSSR count). The third kappa shape index (κ3) is 5.16. The van der Waals surface area contributed by atoms with Crippen LogP contribution in [0.2, 0.25) is 0 Å². The molecular formula is C25H30F2N8OS. The van der Waals surface area contributed by atoms with Crippen LogP contribution in [0.25, 0.3) is 0 Å². The number of benzene rings is 1. The van der Waals surface area contributed by atoms with Gasteiger partial charge in [0, 0.05) is 51.2 Å². The summed E-state index contributed by atoms with van der Waals surface area (Å²) in [5, 5.41) is 2.72. The van der Waals surface area contributed by atoms with E-state index in [-0.39, 0.29) is 11.7 Å². The molecule has 196 valence electrons. The number of nitrogens with zero attached hydrogens (tertiary/aromatic N) is 5. The summed E-state index contributed by atoms with van der Waals surface area (Å²) in [4.78, 5) is 27.6. The highest BCUT2D eigenvalue weighted by atomic mass is 32.2. The normalized spacial score (nSPS) is 24.6. The molecule has 2 aromatic rings. The molecular weight excluding hydrogens is 498 g/mol. The number of guanidine groups is 1. The number of aromatic nitrogens is 1. The van der Waals surface area contributed by atoms with Crippen LogP contribution in [0, 0.1) is 11.6 Å². The van der Waals surface area contributed by atoms with Gasteiger partial charge in [-0.3, -0.25) is 19.0 Å². The Morgan fingerprint density at radius 2 is 2.11 bits per heavy atom. The van der Waals surface area contributed by atoms with Crippen LogP contribution < -0.4 is 16.8 Å². The maximum absolute atomic E-state index is 15.5. The van der Waals surface area contributed by atoms with Crippen molar-refractivity contribution in [2.75, 3.05) is 39.0 Å². The third-order valence-corrected chi connectivity index (χ3v) is 8.34. The first-order valence-electron chi connectivity index (χ1n) is 11.7. The topological polar surface area (TPSA) is 125 Å². The van der Waals surface area contributed by atoms with Crippen molar-refractivity contribution in [1.29, 1.82) is 0 Å². The van der Waals surface area contributed by atoms with Crippen molar-refractivity contribution in [1.82, 2.24) is 14.2 Å². The van der Waals surface area contributed by atoms with E-state index >= 15 is 4.39 Å². The highest BCUT2D eigenvalue weighted by Gasteiger charge is 2.58. The van der Waals surface area contributed by atoms with Gasteiger partial charge in [-0.15, -0.1) is 0 Å². The predicted octanol–water partition coefficient (Wildman–Crippen LogP) is 2.72. The Hall–Kier alpha value is -3.51. The Balaban J connectivity index is 1.68. The highest BCUT2D eigenvalue weighted by molar-refractivity contribution is 7.99. The molecule has 0 bridgehead atoms. The van der Waals surface area contributed by atoms with Crippen LogP contribution >= 0.6 is 11.9 Å². The molecule has 1 spiro atoms. The number of carbonyl (C=O) groups is 1. The van der Waals surface area contributed by atoms with Gasteiger partial charge in [0.15, 0.2) is 0 Å². The zero-order valence-electron chi connectivity index (χ0n) is 20.9. The number of carbonyl (C=O) groups excluding carboxylic acids is 1. The summed E-state index contributed by atoms with van der Waals surface area (Å²) in [7, 11) is 3.53. The number of aliphatic imine (C=N–C) groups is 2. The first-order valence-corrected chi connectivity index (χ1v) is 12.4. The summed E-state index contributed by atoms with van der Waals surface area (Å²) in [6.07, 6.45) is 4.94. The smallest absolute Gasteiger partial charge is 0.274 e. The zero-order valence-corrected chi connectivity index (χ0v) is 21.7. The summed E-state index contributed by atoms with van der Waals surface area (Å²) in [5.41, 5.74) is 12.6. The van der Waals surface area contributed by atoms with Crippen LogP contribution in [0.5, 0.6) is 0 Å². The average Bonchev–Trinajstić information content (AvgIpc) is 3.27. The molecule has 0 aliphatic carbocycles. The van der Waals surface area contributed by atoms with Gasteiger partial charge in [0.1, 0.15) is 22.9 Å². The summed E-state index contributed by atoms with van der Waals surface area (Å²) >= 11 is 1.54. The van der Waals surface area contributed by atoms with Gasteiger partial charge < -0.3 is 16.8 Å². The first kappa shape index (κ1) is 26.6. The Morgan fingerprint density at radius 1 is 1.32 bits per heavy atom. The monoisotopic (exact) mass is 528 g/mol. The molecule has 1 aromatic heterocycles. The minimum atomic E-state index is -1.05. The number of hydrogen-bond donors (Lipinski definition) is 3. The Bertz CT molecular complexity index is 1270. The summed E-state index contributed by atoms with van der Waals surface area (Å²) in [6, 6.07) is 6.79.